The fraction of sp³-hybridized carbons (Fsp3) is 0.167. The number of benzene rings is 1. The van der Waals surface area contributed by atoms with Gasteiger partial charge >= 0.3 is 0 Å². The summed E-state index contributed by atoms with van der Waals surface area (Å²) in [6, 6.07) is 12.5. The van der Waals surface area contributed by atoms with E-state index in [1.807, 2.05) is 44.2 Å². The molecule has 0 aliphatic carbocycles. The summed E-state index contributed by atoms with van der Waals surface area (Å²) in [7, 11) is 0. The Hall–Kier alpha value is -3.09. The summed E-state index contributed by atoms with van der Waals surface area (Å²) in [6.45, 7) is 3.81. The highest BCUT2D eigenvalue weighted by atomic mass is 19.3. The van der Waals surface area contributed by atoms with E-state index in [9.17, 15) is 13.6 Å². The van der Waals surface area contributed by atoms with Crippen LogP contribution in [0.15, 0.2) is 42.5 Å². The molecule has 3 aromatic rings. The lowest BCUT2D eigenvalue weighted by Crippen LogP contribution is -2.14. The van der Waals surface area contributed by atoms with Crippen molar-refractivity contribution in [1.82, 2.24) is 15.2 Å². The maximum absolute atomic E-state index is 12.6. The molecule has 0 atom stereocenters. The van der Waals surface area contributed by atoms with Gasteiger partial charge in [-0.3, -0.25) is 9.89 Å². The van der Waals surface area contributed by atoms with Crippen LogP contribution in [-0.4, -0.2) is 21.1 Å². The van der Waals surface area contributed by atoms with Gasteiger partial charge in [-0.2, -0.15) is 5.10 Å². The Bertz CT molecular complexity index is 907. The first-order valence-electron chi connectivity index (χ1n) is 7.64. The van der Waals surface area contributed by atoms with E-state index in [0.29, 0.717) is 5.82 Å². The fourth-order valence-electron chi connectivity index (χ4n) is 2.46. The number of halogens is 2. The highest BCUT2D eigenvalue weighted by Gasteiger charge is 2.17. The molecule has 0 aliphatic heterocycles. The number of hydrogen-bond donors (Lipinski definition) is 2. The minimum Gasteiger partial charge on any atom is -0.305 e. The molecule has 7 heteroatoms. The van der Waals surface area contributed by atoms with Crippen molar-refractivity contribution in [3.8, 4) is 11.1 Å². The van der Waals surface area contributed by atoms with Crippen LogP contribution >= 0.6 is 0 Å². The Balaban J connectivity index is 1.90. The van der Waals surface area contributed by atoms with Gasteiger partial charge in [-0.05, 0) is 42.7 Å². The quantitative estimate of drug-likeness (QED) is 0.743. The molecule has 128 valence electrons. The smallest absolute Gasteiger partial charge is 0.279 e. The number of aromatic nitrogens is 3. The van der Waals surface area contributed by atoms with Crippen LogP contribution in [0.25, 0.3) is 11.1 Å². The third-order valence-electron chi connectivity index (χ3n) is 3.91. The second-order valence-corrected chi connectivity index (χ2v) is 5.59. The number of rotatable bonds is 4. The van der Waals surface area contributed by atoms with Crippen molar-refractivity contribution in [2.75, 3.05) is 5.32 Å². The van der Waals surface area contributed by atoms with E-state index in [2.05, 4.69) is 20.5 Å². The van der Waals surface area contributed by atoms with E-state index in [1.54, 1.807) is 6.07 Å². The highest BCUT2D eigenvalue weighted by molar-refractivity contribution is 6.02. The van der Waals surface area contributed by atoms with E-state index >= 15 is 0 Å². The van der Waals surface area contributed by atoms with Crippen LogP contribution < -0.4 is 5.32 Å². The predicted molar refractivity (Wildman–Crippen MR) is 90.6 cm³/mol. The zero-order chi connectivity index (χ0) is 18.0. The van der Waals surface area contributed by atoms with Gasteiger partial charge < -0.3 is 5.32 Å². The molecule has 0 fully saturated rings. The SMILES string of the molecule is Cc1nc(NC(=O)c2cc(C(F)F)[nH]n2)cc(-c2ccccc2)c1C. The first kappa shape index (κ1) is 16.8. The number of pyridine rings is 1. The molecule has 2 aromatic heterocycles. The second kappa shape index (κ2) is 6.80. The largest absolute Gasteiger partial charge is 0.305 e. The lowest BCUT2D eigenvalue weighted by Gasteiger charge is -2.12. The standard InChI is InChI=1S/C18H16F2N4O/c1-10-11(2)21-16(8-13(10)12-6-4-3-5-7-12)22-18(25)15-9-14(17(19)20)23-24-15/h3-9,17H,1-2H3,(H,23,24)(H,21,22,25). The van der Waals surface area contributed by atoms with E-state index in [-0.39, 0.29) is 5.69 Å². The molecular weight excluding hydrogens is 326 g/mol. The van der Waals surface area contributed by atoms with Crippen LogP contribution in [0.5, 0.6) is 0 Å². The number of amides is 1. The maximum Gasteiger partial charge on any atom is 0.279 e. The molecule has 0 saturated heterocycles. The molecule has 3 rings (SSSR count). The normalized spacial score (nSPS) is 10.9. The van der Waals surface area contributed by atoms with Crippen LogP contribution in [0.3, 0.4) is 0 Å². The van der Waals surface area contributed by atoms with Crippen LogP contribution in [0.2, 0.25) is 0 Å². The molecule has 0 aliphatic rings. The molecular formula is C18H16F2N4O. The number of nitrogens with one attached hydrogen (secondary N) is 2. The molecule has 2 heterocycles. The number of aromatic amines is 1. The van der Waals surface area contributed by atoms with Gasteiger partial charge in [0.1, 0.15) is 11.5 Å². The summed E-state index contributed by atoms with van der Waals surface area (Å²) >= 11 is 0. The Kier molecular flexibility index (Phi) is 4.56. The number of alkyl halides is 2. The molecule has 0 radical (unpaired) electrons. The zero-order valence-electron chi connectivity index (χ0n) is 13.7. The highest BCUT2D eigenvalue weighted by Crippen LogP contribution is 2.27. The van der Waals surface area contributed by atoms with Gasteiger partial charge in [-0.25, -0.2) is 13.8 Å². The summed E-state index contributed by atoms with van der Waals surface area (Å²) in [4.78, 5) is 16.6. The van der Waals surface area contributed by atoms with Crippen molar-refractivity contribution in [2.45, 2.75) is 20.3 Å². The Morgan fingerprint density at radius 2 is 1.88 bits per heavy atom. The Morgan fingerprint density at radius 1 is 1.16 bits per heavy atom. The molecule has 0 spiro atoms. The Labute approximate surface area is 143 Å². The monoisotopic (exact) mass is 342 g/mol. The zero-order valence-corrected chi connectivity index (χ0v) is 13.7. The minimum absolute atomic E-state index is 0.114. The van der Waals surface area contributed by atoms with Crippen molar-refractivity contribution in [3.05, 3.63) is 65.1 Å². The Morgan fingerprint density at radius 3 is 2.52 bits per heavy atom. The van der Waals surface area contributed by atoms with E-state index in [0.717, 1.165) is 28.5 Å². The summed E-state index contributed by atoms with van der Waals surface area (Å²) in [6.07, 6.45) is -2.71. The van der Waals surface area contributed by atoms with Crippen molar-refractivity contribution in [2.24, 2.45) is 0 Å². The summed E-state index contributed by atoms with van der Waals surface area (Å²) in [5.41, 5.74) is 3.20. The molecule has 0 saturated carbocycles. The van der Waals surface area contributed by atoms with Gasteiger partial charge in [0.25, 0.3) is 12.3 Å². The molecule has 0 bridgehead atoms. The third-order valence-corrected chi connectivity index (χ3v) is 3.91. The van der Waals surface area contributed by atoms with Crippen LogP contribution in [0.4, 0.5) is 14.6 Å². The lowest BCUT2D eigenvalue weighted by molar-refractivity contribution is 0.102. The van der Waals surface area contributed by atoms with Gasteiger partial charge in [0.15, 0.2) is 5.69 Å². The number of H-pyrrole nitrogens is 1. The average molecular weight is 342 g/mol. The predicted octanol–water partition coefficient (Wildman–Crippen LogP) is 4.28. The fourth-order valence-corrected chi connectivity index (χ4v) is 2.46. The first-order chi connectivity index (χ1) is 12.0. The lowest BCUT2D eigenvalue weighted by atomic mass is 10.0. The number of hydrogen-bond acceptors (Lipinski definition) is 3. The number of anilines is 1. The molecule has 5 nitrogen and oxygen atoms in total. The summed E-state index contributed by atoms with van der Waals surface area (Å²) < 4.78 is 25.2. The first-order valence-corrected chi connectivity index (χ1v) is 7.64. The molecule has 0 unspecified atom stereocenters. The summed E-state index contributed by atoms with van der Waals surface area (Å²) in [5, 5.41) is 8.37. The van der Waals surface area contributed by atoms with Crippen molar-refractivity contribution in [1.29, 1.82) is 0 Å². The van der Waals surface area contributed by atoms with Gasteiger partial charge in [0.05, 0.1) is 0 Å². The van der Waals surface area contributed by atoms with Crippen LogP contribution in [0.1, 0.15) is 33.9 Å². The van der Waals surface area contributed by atoms with Crippen molar-refractivity contribution in [3.63, 3.8) is 0 Å². The number of carbonyl (C=O) groups excluding carboxylic acids is 1. The molecule has 1 aromatic carbocycles. The molecule has 25 heavy (non-hydrogen) atoms. The average Bonchev–Trinajstić information content (AvgIpc) is 3.09. The van der Waals surface area contributed by atoms with Gasteiger partial charge in [-0.1, -0.05) is 30.3 Å². The summed E-state index contributed by atoms with van der Waals surface area (Å²) in [5.74, 6) is -0.258. The maximum atomic E-state index is 12.6. The number of aryl methyl sites for hydroxylation is 1. The second-order valence-electron chi connectivity index (χ2n) is 5.59. The van der Waals surface area contributed by atoms with Crippen molar-refractivity contribution < 1.29 is 13.6 Å². The van der Waals surface area contributed by atoms with Crippen LogP contribution in [0, 0.1) is 13.8 Å². The van der Waals surface area contributed by atoms with E-state index in [1.165, 1.54) is 0 Å². The third kappa shape index (κ3) is 3.55. The van der Waals surface area contributed by atoms with Gasteiger partial charge in [0, 0.05) is 5.69 Å². The van der Waals surface area contributed by atoms with Crippen molar-refractivity contribution >= 4 is 11.7 Å². The molecule has 1 amide bonds. The topological polar surface area (TPSA) is 70.7 Å². The number of carbonyl (C=O) groups is 1. The molecule has 2 N–H and O–H groups in total. The van der Waals surface area contributed by atoms with E-state index < -0.39 is 18.0 Å². The number of nitrogens with zero attached hydrogens (tertiary/aromatic N) is 2. The van der Waals surface area contributed by atoms with E-state index in [4.69, 9.17) is 0 Å². The minimum atomic E-state index is -2.71. The van der Waals surface area contributed by atoms with Crippen LogP contribution in [-0.2, 0) is 0 Å². The van der Waals surface area contributed by atoms with Gasteiger partial charge in [-0.15, -0.1) is 0 Å². The van der Waals surface area contributed by atoms with Gasteiger partial charge in [0.2, 0.25) is 0 Å².